The van der Waals surface area contributed by atoms with Crippen LogP contribution in [0.2, 0.25) is 0 Å². The number of aromatic hydroxyl groups is 1. The fourth-order valence-corrected chi connectivity index (χ4v) is 5.33. The predicted octanol–water partition coefficient (Wildman–Crippen LogP) is 4.47. The molecule has 35 heavy (non-hydrogen) atoms. The minimum absolute atomic E-state index is 0.00169. The van der Waals surface area contributed by atoms with Crippen molar-refractivity contribution in [2.75, 3.05) is 18.0 Å². The van der Waals surface area contributed by atoms with E-state index in [0.29, 0.717) is 34.9 Å². The Kier molecular flexibility index (Phi) is 6.86. The summed E-state index contributed by atoms with van der Waals surface area (Å²) in [5.41, 5.74) is 4.46. The van der Waals surface area contributed by atoms with Crippen molar-refractivity contribution in [3.05, 3.63) is 92.8 Å². The normalized spacial score (nSPS) is 14.3. The van der Waals surface area contributed by atoms with Crippen LogP contribution in [-0.4, -0.2) is 34.3 Å². The highest BCUT2D eigenvalue weighted by molar-refractivity contribution is 7.16. The fraction of sp³-hybridized carbons (Fsp3) is 0.296. The smallest absolute Gasteiger partial charge is 0.305 e. The molecule has 0 unspecified atom stereocenters. The molecule has 0 aliphatic heterocycles. The van der Waals surface area contributed by atoms with Crippen LogP contribution < -0.4 is 15.1 Å². The quantitative estimate of drug-likeness (QED) is 0.245. The molecule has 0 radical (unpaired) electrons. The van der Waals surface area contributed by atoms with Gasteiger partial charge in [0.05, 0.1) is 10.8 Å². The van der Waals surface area contributed by atoms with E-state index in [1.807, 2.05) is 12.1 Å². The number of benzene rings is 3. The van der Waals surface area contributed by atoms with Gasteiger partial charge in [-0.15, -0.1) is 0 Å². The number of aromatic nitrogens is 1. The lowest BCUT2D eigenvalue weighted by Gasteiger charge is -2.25. The summed E-state index contributed by atoms with van der Waals surface area (Å²) in [5.74, 6) is -0.218. The predicted molar refractivity (Wildman–Crippen MR) is 138 cm³/mol. The second kappa shape index (κ2) is 10.2. The highest BCUT2D eigenvalue weighted by Gasteiger charge is 2.29. The maximum Gasteiger partial charge on any atom is 0.305 e. The molecule has 0 spiro atoms. The highest BCUT2D eigenvalue weighted by atomic mass is 32.1. The van der Waals surface area contributed by atoms with Crippen molar-refractivity contribution in [1.82, 2.24) is 10.3 Å². The molecule has 6 nitrogen and oxygen atoms in total. The number of aromatic amines is 1. The number of hydrogen-bond donors (Lipinski definition) is 4. The Bertz CT molecular complexity index is 1360. The molecular weight excluding hydrogens is 465 g/mol. The zero-order chi connectivity index (χ0) is 24.4. The average molecular weight is 494 g/mol. The third-order valence-corrected chi connectivity index (χ3v) is 7.30. The Labute approximate surface area is 206 Å². The summed E-state index contributed by atoms with van der Waals surface area (Å²) < 4.78 is 13.9. The Balaban J connectivity index is 1.17. The number of rotatable bonds is 10. The molecule has 1 aliphatic rings. The maximum absolute atomic E-state index is 13.4. The number of halogens is 1. The molecule has 182 valence electrons. The van der Waals surface area contributed by atoms with Gasteiger partial charge in [-0.25, -0.2) is 4.39 Å². The molecule has 1 fully saturated rings. The first-order valence-corrected chi connectivity index (χ1v) is 12.6. The number of H-pyrrole nitrogens is 1. The molecule has 1 saturated carbocycles. The van der Waals surface area contributed by atoms with E-state index >= 15 is 0 Å². The number of anilines is 1. The first-order valence-electron chi connectivity index (χ1n) is 11.8. The van der Waals surface area contributed by atoms with Crippen LogP contribution >= 0.6 is 11.3 Å². The monoisotopic (exact) mass is 493 g/mol. The van der Waals surface area contributed by atoms with Gasteiger partial charge in [0.2, 0.25) is 0 Å². The topological polar surface area (TPSA) is 88.6 Å². The van der Waals surface area contributed by atoms with E-state index in [-0.39, 0.29) is 16.4 Å². The fourth-order valence-electron chi connectivity index (χ4n) is 4.41. The lowest BCUT2D eigenvalue weighted by Crippen LogP contribution is -2.25. The maximum atomic E-state index is 13.4. The summed E-state index contributed by atoms with van der Waals surface area (Å²) in [5, 5.41) is 23.9. The molecule has 1 aliphatic carbocycles. The second-order valence-electron chi connectivity index (χ2n) is 9.02. The number of nitrogens with one attached hydrogen (secondary N) is 2. The summed E-state index contributed by atoms with van der Waals surface area (Å²) in [6, 6.07) is 18.9. The minimum atomic E-state index is -0.793. The lowest BCUT2D eigenvalue weighted by molar-refractivity contribution is 0.176. The summed E-state index contributed by atoms with van der Waals surface area (Å²) in [6.45, 7) is 1.81. The highest BCUT2D eigenvalue weighted by Crippen LogP contribution is 2.33. The molecule has 0 saturated heterocycles. The van der Waals surface area contributed by atoms with Crippen molar-refractivity contribution in [3.8, 4) is 5.75 Å². The van der Waals surface area contributed by atoms with Crippen LogP contribution in [-0.2, 0) is 13.0 Å². The number of thiazole rings is 1. The summed E-state index contributed by atoms with van der Waals surface area (Å²) in [7, 11) is 0. The van der Waals surface area contributed by atoms with Crippen molar-refractivity contribution < 1.29 is 14.6 Å². The number of fused-ring (bicyclic) bond motifs is 1. The van der Waals surface area contributed by atoms with Gasteiger partial charge in [0.25, 0.3) is 0 Å². The average Bonchev–Trinajstić information content (AvgIpc) is 3.61. The van der Waals surface area contributed by atoms with Gasteiger partial charge >= 0.3 is 4.87 Å². The lowest BCUT2D eigenvalue weighted by atomic mass is 10.1. The molecule has 1 aromatic heterocycles. The Morgan fingerprint density at radius 1 is 1.11 bits per heavy atom. The van der Waals surface area contributed by atoms with Crippen molar-refractivity contribution >= 4 is 27.2 Å². The Morgan fingerprint density at radius 2 is 1.89 bits per heavy atom. The molecule has 3 aromatic carbocycles. The van der Waals surface area contributed by atoms with Crippen LogP contribution in [0.1, 0.15) is 35.6 Å². The van der Waals surface area contributed by atoms with Crippen LogP contribution in [0.15, 0.2) is 65.5 Å². The van der Waals surface area contributed by atoms with E-state index in [4.69, 9.17) is 0 Å². The zero-order valence-electron chi connectivity index (χ0n) is 19.2. The van der Waals surface area contributed by atoms with Crippen molar-refractivity contribution in [3.63, 3.8) is 0 Å². The number of aliphatic hydroxyl groups excluding tert-OH is 1. The van der Waals surface area contributed by atoms with Gasteiger partial charge in [0, 0.05) is 30.4 Å². The van der Waals surface area contributed by atoms with Gasteiger partial charge in [-0.3, -0.25) is 4.79 Å². The van der Waals surface area contributed by atoms with Crippen LogP contribution in [0.25, 0.3) is 10.2 Å². The van der Waals surface area contributed by atoms with Crippen LogP contribution in [0.3, 0.4) is 0 Å². The van der Waals surface area contributed by atoms with Gasteiger partial charge in [-0.1, -0.05) is 41.7 Å². The van der Waals surface area contributed by atoms with Crippen LogP contribution in [0.4, 0.5) is 10.1 Å². The van der Waals surface area contributed by atoms with Gasteiger partial charge in [-0.2, -0.15) is 0 Å². The molecule has 1 heterocycles. The Morgan fingerprint density at radius 3 is 2.66 bits per heavy atom. The van der Waals surface area contributed by atoms with E-state index in [1.165, 1.54) is 29.3 Å². The minimum Gasteiger partial charge on any atom is -0.506 e. The summed E-state index contributed by atoms with van der Waals surface area (Å²) in [4.78, 5) is 16.4. The molecule has 0 bridgehead atoms. The molecule has 4 N–H and O–H groups in total. The number of aliphatic hydroxyl groups is 1. The number of phenolic OH excluding ortho intramolecular Hbond substituents is 1. The van der Waals surface area contributed by atoms with E-state index < -0.39 is 6.10 Å². The van der Waals surface area contributed by atoms with Gasteiger partial charge in [-0.05, 0) is 67.3 Å². The first kappa shape index (κ1) is 23.5. The molecule has 8 heteroatoms. The van der Waals surface area contributed by atoms with Crippen molar-refractivity contribution in [2.45, 2.75) is 38.0 Å². The number of phenols is 1. The van der Waals surface area contributed by atoms with Crippen LogP contribution in [0.5, 0.6) is 5.75 Å². The van der Waals surface area contributed by atoms with Gasteiger partial charge in [0.1, 0.15) is 17.1 Å². The van der Waals surface area contributed by atoms with Gasteiger partial charge < -0.3 is 25.4 Å². The summed E-state index contributed by atoms with van der Waals surface area (Å²) in [6.07, 6.45) is 2.34. The van der Waals surface area contributed by atoms with E-state index in [9.17, 15) is 19.4 Å². The van der Waals surface area contributed by atoms with Gasteiger partial charge in [0.15, 0.2) is 0 Å². The van der Waals surface area contributed by atoms with E-state index in [0.717, 1.165) is 42.8 Å². The van der Waals surface area contributed by atoms with E-state index in [2.05, 4.69) is 39.5 Å². The van der Waals surface area contributed by atoms with Crippen LogP contribution in [0, 0.1) is 5.82 Å². The number of nitrogens with zero attached hydrogens (tertiary/aromatic N) is 1. The van der Waals surface area contributed by atoms with Crippen molar-refractivity contribution in [1.29, 1.82) is 0 Å². The molecule has 5 rings (SSSR count). The molecule has 0 amide bonds. The standard InChI is InChI=1S/C27H28FN3O3S/c28-19-4-6-20(7-5-19)31(21-8-9-21)16-18-3-1-2-17(14-18)12-13-29-15-24(33)22-10-11-23(32)25-26(22)35-27(34)30-25/h1-7,10-11,14,21,24,29,32-33H,8-9,12-13,15-16H2,(H,30,34)/t24-/m0/s1. The zero-order valence-corrected chi connectivity index (χ0v) is 20.0. The number of hydrogen-bond acceptors (Lipinski definition) is 6. The molecule has 1 atom stereocenters. The van der Waals surface area contributed by atoms with Crippen molar-refractivity contribution in [2.24, 2.45) is 0 Å². The van der Waals surface area contributed by atoms with E-state index in [1.54, 1.807) is 6.07 Å². The Hall–Kier alpha value is -3.20. The third kappa shape index (κ3) is 5.56. The second-order valence-corrected chi connectivity index (χ2v) is 10.0. The molecule has 4 aromatic rings. The molecular formula is C27H28FN3O3S. The largest absolute Gasteiger partial charge is 0.506 e. The first-order chi connectivity index (χ1) is 17.0. The third-order valence-electron chi connectivity index (χ3n) is 6.37. The summed E-state index contributed by atoms with van der Waals surface area (Å²) >= 11 is 0.988. The SMILES string of the molecule is O=c1[nH]c2c(O)ccc([C@@H](O)CNCCc3cccc(CN(c4ccc(F)cc4)C4CC4)c3)c2s1.